The Balaban J connectivity index is 3.02. The molecule has 1 aromatic rings. The second-order valence-corrected chi connectivity index (χ2v) is 4.68. The number of benzene rings is 1. The van der Waals surface area contributed by atoms with Gasteiger partial charge in [-0.15, -0.1) is 0 Å². The first-order valence-electron chi connectivity index (χ1n) is 7.12. The van der Waals surface area contributed by atoms with E-state index in [9.17, 15) is 14.9 Å². The molecule has 122 valence electrons. The molecule has 0 atom stereocenters. The van der Waals surface area contributed by atoms with Gasteiger partial charge in [0.1, 0.15) is 0 Å². The SMILES string of the molecule is CCCCCCOc1c(OC)cc(C(=O)OC)cc1[N+](=O)[O-]. The van der Waals surface area contributed by atoms with Crippen LogP contribution in [-0.4, -0.2) is 31.7 Å². The molecule has 7 heteroatoms. The van der Waals surface area contributed by atoms with Crippen LogP contribution in [-0.2, 0) is 4.74 Å². The van der Waals surface area contributed by atoms with E-state index in [0.717, 1.165) is 31.7 Å². The van der Waals surface area contributed by atoms with Gasteiger partial charge in [-0.3, -0.25) is 10.1 Å². The van der Waals surface area contributed by atoms with Gasteiger partial charge in [0.15, 0.2) is 5.75 Å². The molecule has 7 nitrogen and oxygen atoms in total. The molecule has 0 aliphatic heterocycles. The Bertz CT molecular complexity index is 529. The lowest BCUT2D eigenvalue weighted by Gasteiger charge is -2.12. The summed E-state index contributed by atoms with van der Waals surface area (Å²) in [5, 5.41) is 11.2. The minimum absolute atomic E-state index is 0.0386. The third-order valence-corrected chi connectivity index (χ3v) is 3.12. The van der Waals surface area contributed by atoms with Crippen molar-refractivity contribution in [3.63, 3.8) is 0 Å². The van der Waals surface area contributed by atoms with E-state index >= 15 is 0 Å². The number of carbonyl (C=O) groups is 1. The molecule has 0 unspecified atom stereocenters. The molecule has 1 aromatic carbocycles. The molecule has 1 rings (SSSR count). The average Bonchev–Trinajstić information content (AvgIpc) is 2.53. The highest BCUT2D eigenvalue weighted by Gasteiger charge is 2.24. The van der Waals surface area contributed by atoms with Crippen LogP contribution in [0.2, 0.25) is 0 Å². The maximum absolute atomic E-state index is 11.6. The van der Waals surface area contributed by atoms with Gasteiger partial charge in [0.25, 0.3) is 0 Å². The molecule has 0 spiro atoms. The molecule has 0 saturated carbocycles. The number of hydrogen-bond donors (Lipinski definition) is 0. The van der Waals surface area contributed by atoms with E-state index in [-0.39, 0.29) is 22.7 Å². The summed E-state index contributed by atoms with van der Waals surface area (Å²) in [6, 6.07) is 2.51. The highest BCUT2D eigenvalue weighted by molar-refractivity contribution is 5.91. The average molecular weight is 311 g/mol. The Morgan fingerprint density at radius 1 is 1.23 bits per heavy atom. The van der Waals surface area contributed by atoms with E-state index in [1.165, 1.54) is 20.3 Å². The monoisotopic (exact) mass is 311 g/mol. The van der Waals surface area contributed by atoms with Crippen LogP contribution in [0.15, 0.2) is 12.1 Å². The van der Waals surface area contributed by atoms with Crippen molar-refractivity contribution in [1.82, 2.24) is 0 Å². The number of nitro benzene ring substituents is 1. The number of esters is 1. The van der Waals surface area contributed by atoms with E-state index in [0.29, 0.717) is 6.61 Å². The summed E-state index contributed by atoms with van der Waals surface area (Å²) in [6.45, 7) is 2.45. The molecule has 22 heavy (non-hydrogen) atoms. The smallest absolute Gasteiger partial charge is 0.338 e. The molecule has 0 radical (unpaired) electrons. The van der Waals surface area contributed by atoms with Crippen molar-refractivity contribution in [3.8, 4) is 11.5 Å². The first-order valence-corrected chi connectivity index (χ1v) is 7.12. The van der Waals surface area contributed by atoms with E-state index in [1.54, 1.807) is 0 Å². The molecule has 0 aromatic heterocycles. The van der Waals surface area contributed by atoms with Crippen LogP contribution >= 0.6 is 0 Å². The lowest BCUT2D eigenvalue weighted by Crippen LogP contribution is -2.07. The molecule has 0 heterocycles. The molecule has 0 N–H and O–H groups in total. The fraction of sp³-hybridized carbons (Fsp3) is 0.533. The van der Waals surface area contributed by atoms with Gasteiger partial charge in [0.05, 0.1) is 31.3 Å². The molecule has 0 saturated heterocycles. The standard InChI is InChI=1S/C15H21NO6/c1-4-5-6-7-8-22-14-12(16(18)19)9-11(15(17)21-3)10-13(14)20-2/h9-10H,4-8H2,1-3H3. The summed E-state index contributed by atoms with van der Waals surface area (Å²) in [6.07, 6.45) is 3.97. The predicted octanol–water partition coefficient (Wildman–Crippen LogP) is 3.35. The minimum atomic E-state index is -0.670. The summed E-state index contributed by atoms with van der Waals surface area (Å²) in [5.74, 6) is -0.488. The Labute approximate surface area is 129 Å². The van der Waals surface area contributed by atoms with Gasteiger partial charge in [-0.25, -0.2) is 4.79 Å². The number of methoxy groups -OCH3 is 2. The maximum Gasteiger partial charge on any atom is 0.338 e. The van der Waals surface area contributed by atoms with Gasteiger partial charge < -0.3 is 14.2 Å². The lowest BCUT2D eigenvalue weighted by atomic mass is 10.1. The fourth-order valence-electron chi connectivity index (χ4n) is 1.96. The van der Waals surface area contributed by atoms with Gasteiger partial charge in [-0.2, -0.15) is 0 Å². The van der Waals surface area contributed by atoms with Gasteiger partial charge >= 0.3 is 11.7 Å². The van der Waals surface area contributed by atoms with Crippen molar-refractivity contribution < 1.29 is 23.9 Å². The first kappa shape index (κ1) is 17.7. The van der Waals surface area contributed by atoms with E-state index < -0.39 is 10.9 Å². The maximum atomic E-state index is 11.6. The van der Waals surface area contributed by atoms with Gasteiger partial charge in [0.2, 0.25) is 5.75 Å². The predicted molar refractivity (Wildman–Crippen MR) is 80.6 cm³/mol. The Hall–Kier alpha value is -2.31. The number of unbranched alkanes of at least 4 members (excludes halogenated alkanes) is 3. The number of rotatable bonds is 9. The Morgan fingerprint density at radius 2 is 1.95 bits per heavy atom. The highest BCUT2D eigenvalue weighted by Crippen LogP contribution is 2.38. The number of carbonyl (C=O) groups excluding carboxylic acids is 1. The quantitative estimate of drug-likeness (QED) is 0.301. The summed E-state index contributed by atoms with van der Waals surface area (Å²) in [5.41, 5.74) is -0.264. The lowest BCUT2D eigenvalue weighted by molar-refractivity contribution is -0.386. The van der Waals surface area contributed by atoms with Crippen molar-refractivity contribution in [3.05, 3.63) is 27.8 Å². The van der Waals surface area contributed by atoms with Crippen molar-refractivity contribution in [2.24, 2.45) is 0 Å². The summed E-state index contributed by atoms with van der Waals surface area (Å²) in [7, 11) is 2.57. The third-order valence-electron chi connectivity index (χ3n) is 3.12. The van der Waals surface area contributed by atoms with Gasteiger partial charge in [0, 0.05) is 6.07 Å². The molecule has 0 fully saturated rings. The molecule has 0 aliphatic rings. The minimum Gasteiger partial charge on any atom is -0.493 e. The molecular formula is C15H21NO6. The van der Waals surface area contributed by atoms with Crippen LogP contribution in [0.4, 0.5) is 5.69 Å². The highest BCUT2D eigenvalue weighted by atomic mass is 16.6. The van der Waals surface area contributed by atoms with E-state index in [4.69, 9.17) is 9.47 Å². The Kier molecular flexibility index (Phi) is 7.15. The second kappa shape index (κ2) is 8.86. The van der Waals surface area contributed by atoms with E-state index in [1.807, 2.05) is 0 Å². The first-order chi connectivity index (χ1) is 10.5. The number of hydrogen-bond acceptors (Lipinski definition) is 6. The number of ether oxygens (including phenoxy) is 3. The van der Waals surface area contributed by atoms with Crippen LogP contribution in [0.1, 0.15) is 43.0 Å². The zero-order valence-electron chi connectivity index (χ0n) is 13.1. The van der Waals surface area contributed by atoms with Crippen molar-refractivity contribution in [1.29, 1.82) is 0 Å². The summed E-state index contributed by atoms with van der Waals surface area (Å²) < 4.78 is 15.2. The summed E-state index contributed by atoms with van der Waals surface area (Å²) in [4.78, 5) is 22.2. The molecule has 0 aliphatic carbocycles. The second-order valence-electron chi connectivity index (χ2n) is 4.68. The zero-order chi connectivity index (χ0) is 16.5. The summed E-state index contributed by atoms with van der Waals surface area (Å²) >= 11 is 0. The van der Waals surface area contributed by atoms with Crippen molar-refractivity contribution >= 4 is 11.7 Å². The third kappa shape index (κ3) is 4.61. The van der Waals surface area contributed by atoms with Crippen LogP contribution in [0.5, 0.6) is 11.5 Å². The topological polar surface area (TPSA) is 87.9 Å². The molecule has 0 bridgehead atoms. The zero-order valence-corrected chi connectivity index (χ0v) is 13.1. The van der Waals surface area contributed by atoms with Crippen molar-refractivity contribution in [2.75, 3.05) is 20.8 Å². The van der Waals surface area contributed by atoms with Crippen molar-refractivity contribution in [2.45, 2.75) is 32.6 Å². The van der Waals surface area contributed by atoms with E-state index in [2.05, 4.69) is 11.7 Å². The van der Waals surface area contributed by atoms with Gasteiger partial charge in [-0.05, 0) is 12.5 Å². The van der Waals surface area contributed by atoms with Crippen LogP contribution in [0.3, 0.4) is 0 Å². The number of nitro groups is 1. The number of nitrogens with zero attached hydrogens (tertiary/aromatic N) is 1. The van der Waals surface area contributed by atoms with Crippen LogP contribution in [0, 0.1) is 10.1 Å². The largest absolute Gasteiger partial charge is 0.493 e. The molecule has 0 amide bonds. The fourth-order valence-corrected chi connectivity index (χ4v) is 1.96. The van der Waals surface area contributed by atoms with Crippen LogP contribution < -0.4 is 9.47 Å². The van der Waals surface area contributed by atoms with Crippen LogP contribution in [0.25, 0.3) is 0 Å². The Morgan fingerprint density at radius 3 is 2.50 bits per heavy atom. The van der Waals surface area contributed by atoms with Gasteiger partial charge in [-0.1, -0.05) is 26.2 Å². The molecular weight excluding hydrogens is 290 g/mol. The normalized spacial score (nSPS) is 10.1.